The Kier molecular flexibility index (Phi) is 2.96. The third-order valence-electron chi connectivity index (χ3n) is 2.60. The Morgan fingerprint density at radius 2 is 1.81 bits per heavy atom. The van der Waals surface area contributed by atoms with Crippen molar-refractivity contribution in [1.29, 1.82) is 0 Å². The van der Waals surface area contributed by atoms with Crippen molar-refractivity contribution < 1.29 is 0 Å². The van der Waals surface area contributed by atoms with Gasteiger partial charge in [0.25, 0.3) is 0 Å². The van der Waals surface area contributed by atoms with Crippen LogP contribution in [-0.2, 0) is 0 Å². The molecule has 2 rings (SSSR count). The van der Waals surface area contributed by atoms with E-state index in [4.69, 9.17) is 23.2 Å². The molecule has 0 saturated heterocycles. The monoisotopic (exact) mass is 254 g/mol. The maximum atomic E-state index is 6.25. The van der Waals surface area contributed by atoms with Crippen molar-refractivity contribution in [2.45, 2.75) is 13.8 Å². The number of rotatable bonds is 1. The average Bonchev–Trinajstić information content (AvgIpc) is 2.25. The average molecular weight is 255 g/mol. The van der Waals surface area contributed by atoms with E-state index in [2.05, 4.69) is 10.3 Å². The molecule has 0 bridgehead atoms. The summed E-state index contributed by atoms with van der Waals surface area (Å²) in [5.74, 6) is 0.828. The highest BCUT2D eigenvalue weighted by molar-refractivity contribution is 6.40. The highest BCUT2D eigenvalue weighted by atomic mass is 35.5. The van der Waals surface area contributed by atoms with Crippen LogP contribution >= 0.6 is 23.2 Å². The van der Waals surface area contributed by atoms with Crippen LogP contribution in [0.15, 0.2) is 12.1 Å². The van der Waals surface area contributed by atoms with E-state index < -0.39 is 0 Å². The molecule has 16 heavy (non-hydrogen) atoms. The molecule has 2 aromatic rings. The molecular formula is C12H12Cl2N2. The van der Waals surface area contributed by atoms with Gasteiger partial charge in [0.05, 0.1) is 15.6 Å². The normalized spacial score (nSPS) is 10.8. The zero-order chi connectivity index (χ0) is 11.9. The molecular weight excluding hydrogens is 243 g/mol. The zero-order valence-corrected chi connectivity index (χ0v) is 10.9. The van der Waals surface area contributed by atoms with Gasteiger partial charge in [-0.3, -0.25) is 0 Å². The Hall–Kier alpha value is -0.990. The predicted octanol–water partition coefficient (Wildman–Crippen LogP) is 4.20. The van der Waals surface area contributed by atoms with Crippen molar-refractivity contribution in [3.63, 3.8) is 0 Å². The molecule has 0 aliphatic carbocycles. The number of benzene rings is 1. The van der Waals surface area contributed by atoms with Gasteiger partial charge in [-0.1, -0.05) is 23.2 Å². The van der Waals surface area contributed by atoms with Crippen LogP contribution in [0.3, 0.4) is 0 Å². The molecule has 0 aliphatic rings. The van der Waals surface area contributed by atoms with E-state index >= 15 is 0 Å². The third-order valence-corrected chi connectivity index (χ3v) is 3.39. The number of nitrogens with one attached hydrogen (secondary N) is 1. The third kappa shape index (κ3) is 1.72. The van der Waals surface area contributed by atoms with Crippen molar-refractivity contribution in [1.82, 2.24) is 4.98 Å². The van der Waals surface area contributed by atoms with Gasteiger partial charge in [0.2, 0.25) is 0 Å². The van der Waals surface area contributed by atoms with Crippen molar-refractivity contribution >= 4 is 39.9 Å². The first kappa shape index (κ1) is 11.5. The molecule has 1 aromatic heterocycles. The molecule has 1 aromatic carbocycles. The fraction of sp³-hybridized carbons (Fsp3) is 0.250. The summed E-state index contributed by atoms with van der Waals surface area (Å²) in [6.45, 7) is 3.93. The lowest BCUT2D eigenvalue weighted by Crippen LogP contribution is -1.97. The molecule has 0 atom stereocenters. The van der Waals surface area contributed by atoms with Crippen LogP contribution in [0.25, 0.3) is 10.9 Å². The Morgan fingerprint density at radius 1 is 1.12 bits per heavy atom. The second-order valence-electron chi connectivity index (χ2n) is 3.79. The van der Waals surface area contributed by atoms with E-state index in [1.807, 2.05) is 33.0 Å². The zero-order valence-electron chi connectivity index (χ0n) is 9.36. The molecule has 0 spiro atoms. The fourth-order valence-corrected chi connectivity index (χ4v) is 2.26. The van der Waals surface area contributed by atoms with Crippen LogP contribution in [0.2, 0.25) is 10.0 Å². The van der Waals surface area contributed by atoms with Crippen LogP contribution in [-0.4, -0.2) is 12.0 Å². The first-order chi connectivity index (χ1) is 7.54. The quantitative estimate of drug-likeness (QED) is 0.825. The molecule has 0 saturated carbocycles. The number of hydrogen-bond donors (Lipinski definition) is 1. The van der Waals surface area contributed by atoms with Crippen molar-refractivity contribution in [3.05, 3.63) is 33.3 Å². The number of hydrogen-bond acceptors (Lipinski definition) is 2. The van der Waals surface area contributed by atoms with Crippen molar-refractivity contribution in [2.24, 2.45) is 0 Å². The number of aromatic nitrogens is 1. The maximum absolute atomic E-state index is 6.25. The number of pyridine rings is 1. The van der Waals surface area contributed by atoms with Gasteiger partial charge in [0.1, 0.15) is 5.82 Å². The van der Waals surface area contributed by atoms with Gasteiger partial charge in [-0.15, -0.1) is 0 Å². The van der Waals surface area contributed by atoms with E-state index in [1.165, 1.54) is 0 Å². The van der Waals surface area contributed by atoms with Crippen LogP contribution in [0.5, 0.6) is 0 Å². The number of fused-ring (bicyclic) bond motifs is 1. The van der Waals surface area contributed by atoms with E-state index in [-0.39, 0.29) is 0 Å². The van der Waals surface area contributed by atoms with Crippen LogP contribution < -0.4 is 5.32 Å². The number of aryl methyl sites for hydroxylation is 2. The number of nitrogens with zero attached hydrogens (tertiary/aromatic N) is 1. The largest absolute Gasteiger partial charge is 0.373 e. The minimum atomic E-state index is 0.633. The van der Waals surface area contributed by atoms with Gasteiger partial charge in [0.15, 0.2) is 0 Å². The van der Waals surface area contributed by atoms with Crippen LogP contribution in [0, 0.1) is 13.8 Å². The topological polar surface area (TPSA) is 24.9 Å². The lowest BCUT2D eigenvalue weighted by molar-refractivity contribution is 1.28. The molecule has 84 valence electrons. The van der Waals surface area contributed by atoms with Gasteiger partial charge in [-0.05, 0) is 37.1 Å². The van der Waals surface area contributed by atoms with E-state index in [0.29, 0.717) is 5.02 Å². The highest BCUT2D eigenvalue weighted by Crippen LogP contribution is 2.33. The Morgan fingerprint density at radius 3 is 2.44 bits per heavy atom. The molecule has 4 heteroatoms. The van der Waals surface area contributed by atoms with Crippen LogP contribution in [0.1, 0.15) is 11.1 Å². The summed E-state index contributed by atoms with van der Waals surface area (Å²) in [7, 11) is 1.84. The molecule has 1 heterocycles. The number of anilines is 1. The summed E-state index contributed by atoms with van der Waals surface area (Å²) in [6.07, 6.45) is 0. The second kappa shape index (κ2) is 4.11. The van der Waals surface area contributed by atoms with Gasteiger partial charge in [0, 0.05) is 12.4 Å². The van der Waals surface area contributed by atoms with E-state index in [9.17, 15) is 0 Å². The molecule has 2 nitrogen and oxygen atoms in total. The standard InChI is InChI=1S/C12H12Cl2N2/c1-6-5-9(13)11-8(10(6)14)4-7(2)12(15-3)16-11/h4-5H,1-3H3,(H,15,16). The summed E-state index contributed by atoms with van der Waals surface area (Å²) in [5, 5.41) is 5.29. The molecule has 1 N–H and O–H groups in total. The molecule has 0 radical (unpaired) electrons. The minimum Gasteiger partial charge on any atom is -0.373 e. The lowest BCUT2D eigenvalue weighted by Gasteiger charge is -2.10. The fourth-order valence-electron chi connectivity index (χ4n) is 1.75. The summed E-state index contributed by atoms with van der Waals surface area (Å²) in [5.41, 5.74) is 2.77. The van der Waals surface area contributed by atoms with Gasteiger partial charge in [-0.25, -0.2) is 4.98 Å². The van der Waals surface area contributed by atoms with E-state index in [0.717, 1.165) is 32.9 Å². The number of halogens is 2. The Bertz CT molecular complexity index is 565. The summed E-state index contributed by atoms with van der Waals surface area (Å²) in [4.78, 5) is 4.47. The maximum Gasteiger partial charge on any atom is 0.129 e. The van der Waals surface area contributed by atoms with Gasteiger partial charge in [-0.2, -0.15) is 0 Å². The van der Waals surface area contributed by atoms with Crippen molar-refractivity contribution in [2.75, 3.05) is 12.4 Å². The molecule has 0 fully saturated rings. The molecule has 0 unspecified atom stereocenters. The smallest absolute Gasteiger partial charge is 0.129 e. The minimum absolute atomic E-state index is 0.633. The Balaban J connectivity index is 2.90. The summed E-state index contributed by atoms with van der Waals surface area (Å²) in [6, 6.07) is 3.85. The second-order valence-corrected chi connectivity index (χ2v) is 4.57. The van der Waals surface area contributed by atoms with Gasteiger partial charge >= 0.3 is 0 Å². The first-order valence-electron chi connectivity index (χ1n) is 4.98. The molecule has 0 aliphatic heterocycles. The summed E-state index contributed by atoms with van der Waals surface area (Å²) >= 11 is 12.4. The Labute approximate surface area is 105 Å². The summed E-state index contributed by atoms with van der Waals surface area (Å²) < 4.78 is 0. The first-order valence-corrected chi connectivity index (χ1v) is 5.74. The van der Waals surface area contributed by atoms with Crippen molar-refractivity contribution in [3.8, 4) is 0 Å². The highest BCUT2D eigenvalue weighted by Gasteiger charge is 2.10. The van der Waals surface area contributed by atoms with Gasteiger partial charge < -0.3 is 5.32 Å². The van der Waals surface area contributed by atoms with E-state index in [1.54, 1.807) is 0 Å². The predicted molar refractivity (Wildman–Crippen MR) is 70.8 cm³/mol. The molecule has 0 amide bonds. The van der Waals surface area contributed by atoms with Crippen LogP contribution in [0.4, 0.5) is 5.82 Å². The SMILES string of the molecule is CNc1nc2c(Cl)cc(C)c(Cl)c2cc1C. The lowest BCUT2D eigenvalue weighted by atomic mass is 10.1.